The molecule has 15 heavy (non-hydrogen) atoms. The predicted octanol–water partition coefficient (Wildman–Crippen LogP) is 3.19. The van der Waals surface area contributed by atoms with Crippen LogP contribution in [0.15, 0.2) is 24.3 Å². The van der Waals surface area contributed by atoms with Gasteiger partial charge < -0.3 is 4.74 Å². The van der Waals surface area contributed by atoms with Crippen LogP contribution in [0.25, 0.3) is 0 Å². The van der Waals surface area contributed by atoms with Gasteiger partial charge in [0, 0.05) is 6.08 Å². The van der Waals surface area contributed by atoms with Gasteiger partial charge in [0.2, 0.25) is 0 Å². The molecule has 1 atom stereocenters. The molecule has 0 aromatic heterocycles. The highest BCUT2D eigenvalue weighted by Crippen LogP contribution is 2.07. The Hall–Kier alpha value is -1.12. The van der Waals surface area contributed by atoms with Crippen LogP contribution in [0, 0.1) is 0 Å². The summed E-state index contributed by atoms with van der Waals surface area (Å²) in [5, 5.41) is 0. The van der Waals surface area contributed by atoms with Crippen LogP contribution in [0.1, 0.15) is 32.6 Å². The molecule has 0 saturated carbocycles. The van der Waals surface area contributed by atoms with Gasteiger partial charge in [-0.1, -0.05) is 44.4 Å². The monoisotopic (exact) mass is 214 g/mol. The maximum Gasteiger partial charge on any atom is 0.330 e. The SMILES string of the molecule is CCCCCC(F)/C=C/C=C/C(=O)OC. The van der Waals surface area contributed by atoms with E-state index in [0.717, 1.165) is 19.3 Å². The van der Waals surface area contributed by atoms with Crippen LogP contribution in [0.5, 0.6) is 0 Å². The molecule has 0 amide bonds. The molecule has 0 spiro atoms. The first-order valence-electron chi connectivity index (χ1n) is 5.27. The lowest BCUT2D eigenvalue weighted by atomic mass is 10.1. The van der Waals surface area contributed by atoms with E-state index >= 15 is 0 Å². The van der Waals surface area contributed by atoms with E-state index in [1.54, 1.807) is 0 Å². The van der Waals surface area contributed by atoms with Crippen LogP contribution < -0.4 is 0 Å². The van der Waals surface area contributed by atoms with E-state index < -0.39 is 12.1 Å². The van der Waals surface area contributed by atoms with E-state index in [4.69, 9.17) is 0 Å². The van der Waals surface area contributed by atoms with Crippen molar-refractivity contribution in [3.63, 3.8) is 0 Å². The Labute approximate surface area is 90.8 Å². The van der Waals surface area contributed by atoms with E-state index in [0.29, 0.717) is 6.42 Å². The van der Waals surface area contributed by atoms with E-state index in [-0.39, 0.29) is 0 Å². The van der Waals surface area contributed by atoms with Crippen molar-refractivity contribution >= 4 is 5.97 Å². The molecular formula is C12H19FO2. The molecule has 2 nitrogen and oxygen atoms in total. The topological polar surface area (TPSA) is 26.3 Å². The second-order valence-corrected chi connectivity index (χ2v) is 3.28. The summed E-state index contributed by atoms with van der Waals surface area (Å²) < 4.78 is 17.5. The molecule has 0 saturated heterocycles. The van der Waals surface area contributed by atoms with Gasteiger partial charge in [-0.25, -0.2) is 9.18 Å². The average molecular weight is 214 g/mol. The normalized spacial score (nSPS) is 13.5. The van der Waals surface area contributed by atoms with E-state index in [1.165, 1.54) is 31.4 Å². The van der Waals surface area contributed by atoms with Gasteiger partial charge in [-0.05, 0) is 6.42 Å². The smallest absolute Gasteiger partial charge is 0.330 e. The van der Waals surface area contributed by atoms with Crippen molar-refractivity contribution in [1.82, 2.24) is 0 Å². The zero-order chi connectivity index (χ0) is 11.5. The summed E-state index contributed by atoms with van der Waals surface area (Å²) in [6.07, 6.45) is 8.43. The number of halogens is 1. The number of allylic oxidation sites excluding steroid dienone is 3. The Kier molecular flexibility index (Phi) is 8.73. The Morgan fingerprint density at radius 3 is 2.73 bits per heavy atom. The summed E-state index contributed by atoms with van der Waals surface area (Å²) in [7, 11) is 1.30. The lowest BCUT2D eigenvalue weighted by Crippen LogP contribution is -1.95. The zero-order valence-electron chi connectivity index (χ0n) is 9.41. The minimum absolute atomic E-state index is 0.430. The Morgan fingerprint density at radius 2 is 2.13 bits per heavy atom. The summed E-state index contributed by atoms with van der Waals surface area (Å²) in [4.78, 5) is 10.6. The lowest BCUT2D eigenvalue weighted by Gasteiger charge is -2.00. The minimum atomic E-state index is -0.918. The first kappa shape index (κ1) is 13.9. The highest BCUT2D eigenvalue weighted by atomic mass is 19.1. The third-order valence-electron chi connectivity index (χ3n) is 1.95. The van der Waals surface area contributed by atoms with E-state index in [9.17, 15) is 9.18 Å². The molecule has 1 unspecified atom stereocenters. The van der Waals surface area contributed by atoms with E-state index in [2.05, 4.69) is 11.7 Å². The largest absolute Gasteiger partial charge is 0.466 e. The quantitative estimate of drug-likeness (QED) is 0.281. The molecule has 0 aromatic carbocycles. The molecule has 0 aliphatic heterocycles. The highest BCUT2D eigenvalue weighted by molar-refractivity contribution is 5.82. The molecule has 86 valence electrons. The maximum absolute atomic E-state index is 13.1. The predicted molar refractivity (Wildman–Crippen MR) is 59.3 cm³/mol. The third kappa shape index (κ3) is 9.19. The second kappa shape index (κ2) is 9.44. The summed E-state index contributed by atoms with van der Waals surface area (Å²) in [5.41, 5.74) is 0. The lowest BCUT2D eigenvalue weighted by molar-refractivity contribution is -0.134. The average Bonchev–Trinajstić information content (AvgIpc) is 2.24. The van der Waals surface area contributed by atoms with Gasteiger partial charge in [-0.3, -0.25) is 0 Å². The molecule has 3 heteroatoms. The van der Waals surface area contributed by atoms with Crippen LogP contribution in [-0.4, -0.2) is 19.3 Å². The van der Waals surface area contributed by atoms with Gasteiger partial charge in [-0.2, -0.15) is 0 Å². The van der Waals surface area contributed by atoms with Crippen molar-refractivity contribution in [2.24, 2.45) is 0 Å². The van der Waals surface area contributed by atoms with Crippen molar-refractivity contribution in [1.29, 1.82) is 0 Å². The fraction of sp³-hybridized carbons (Fsp3) is 0.583. The van der Waals surface area contributed by atoms with Crippen molar-refractivity contribution in [3.8, 4) is 0 Å². The Balaban J connectivity index is 3.66. The number of ether oxygens (including phenoxy) is 1. The van der Waals surface area contributed by atoms with Crippen LogP contribution >= 0.6 is 0 Å². The molecule has 0 bridgehead atoms. The molecule has 0 rings (SSSR count). The van der Waals surface area contributed by atoms with Crippen molar-refractivity contribution < 1.29 is 13.9 Å². The van der Waals surface area contributed by atoms with Crippen LogP contribution in [-0.2, 0) is 9.53 Å². The third-order valence-corrected chi connectivity index (χ3v) is 1.95. The number of rotatable bonds is 7. The standard InChI is InChI=1S/C12H19FO2/c1-3-4-5-8-11(13)9-6-7-10-12(14)15-2/h6-7,9-11H,3-5,8H2,1-2H3/b9-6+,10-7+. The summed E-state index contributed by atoms with van der Waals surface area (Å²) in [6.45, 7) is 2.09. The second-order valence-electron chi connectivity index (χ2n) is 3.28. The number of hydrogen-bond acceptors (Lipinski definition) is 2. The fourth-order valence-electron chi connectivity index (χ4n) is 1.07. The summed E-state index contributed by atoms with van der Waals surface area (Å²) in [6, 6.07) is 0. The highest BCUT2D eigenvalue weighted by Gasteiger charge is 1.99. The molecule has 0 radical (unpaired) electrons. The molecule has 0 fully saturated rings. The van der Waals surface area contributed by atoms with Gasteiger partial charge >= 0.3 is 5.97 Å². The molecular weight excluding hydrogens is 195 g/mol. The number of esters is 1. The van der Waals surface area contributed by atoms with Gasteiger partial charge in [0.25, 0.3) is 0 Å². The summed E-state index contributed by atoms with van der Waals surface area (Å²) >= 11 is 0. The van der Waals surface area contributed by atoms with Gasteiger partial charge in [-0.15, -0.1) is 0 Å². The minimum Gasteiger partial charge on any atom is -0.466 e. The number of carbonyl (C=O) groups excluding carboxylic acids is 1. The van der Waals surface area contributed by atoms with Gasteiger partial charge in [0.1, 0.15) is 6.17 Å². The van der Waals surface area contributed by atoms with Gasteiger partial charge in [0.05, 0.1) is 7.11 Å². The molecule has 0 aliphatic carbocycles. The van der Waals surface area contributed by atoms with Crippen molar-refractivity contribution in [2.45, 2.75) is 38.8 Å². The number of methoxy groups -OCH3 is 1. The molecule has 0 heterocycles. The summed E-state index contributed by atoms with van der Waals surface area (Å²) in [5.74, 6) is -0.430. The number of carbonyl (C=O) groups is 1. The van der Waals surface area contributed by atoms with Crippen molar-refractivity contribution in [2.75, 3.05) is 7.11 Å². The van der Waals surface area contributed by atoms with Crippen molar-refractivity contribution in [3.05, 3.63) is 24.3 Å². The van der Waals surface area contributed by atoms with Gasteiger partial charge in [0.15, 0.2) is 0 Å². The van der Waals surface area contributed by atoms with Crippen LogP contribution in [0.3, 0.4) is 0 Å². The first-order chi connectivity index (χ1) is 7.20. The number of hydrogen-bond donors (Lipinski definition) is 0. The van der Waals surface area contributed by atoms with Crippen LogP contribution in [0.2, 0.25) is 0 Å². The molecule has 0 aliphatic rings. The van der Waals surface area contributed by atoms with E-state index in [1.807, 2.05) is 0 Å². The fourth-order valence-corrected chi connectivity index (χ4v) is 1.07. The zero-order valence-corrected chi connectivity index (χ0v) is 9.41. The first-order valence-corrected chi connectivity index (χ1v) is 5.27. The molecule has 0 aromatic rings. The molecule has 0 N–H and O–H groups in total. The maximum atomic E-state index is 13.1. The number of alkyl halides is 1. The Morgan fingerprint density at radius 1 is 1.40 bits per heavy atom. The van der Waals surface area contributed by atoms with Crippen LogP contribution in [0.4, 0.5) is 4.39 Å². The number of unbranched alkanes of at least 4 members (excludes halogenated alkanes) is 2. The Bertz CT molecular complexity index is 222.